The van der Waals surface area contributed by atoms with Crippen LogP contribution in [0.3, 0.4) is 0 Å². The predicted molar refractivity (Wildman–Crippen MR) is 164 cm³/mol. The van der Waals surface area contributed by atoms with Crippen LogP contribution in [-0.4, -0.2) is 97.0 Å². The van der Waals surface area contributed by atoms with E-state index in [1.807, 2.05) is 30.3 Å². The van der Waals surface area contributed by atoms with E-state index in [0.29, 0.717) is 6.04 Å². The largest absolute Gasteiger partial charge is 0.380 e. The highest BCUT2D eigenvalue weighted by atomic mass is 32.2. The standard InChI is InChI=1S/C29H44N4O2S.C2H4O/c1-8-22(2)19-26(24(4)30-27-11-9-10-12-28(27)36(7)34)23(3)20-29(31(5)6)33-16-14-32(15-17-33)25-13-18-35-21-25;1-2-3/h8-12,19-20,24-25,30H,1,13-18,21H2,2-7H3;2H,1H3/b22-19-,26-23-,29-20+;/t24-,25?,36?;/m1./s1. The van der Waals surface area contributed by atoms with Crippen LogP contribution in [0.5, 0.6) is 0 Å². The summed E-state index contributed by atoms with van der Waals surface area (Å²) in [4.78, 5) is 16.9. The van der Waals surface area contributed by atoms with Crippen LogP contribution < -0.4 is 5.32 Å². The number of carbonyl (C=O) groups is 1. The van der Waals surface area contributed by atoms with Gasteiger partial charge in [-0.2, -0.15) is 0 Å². The van der Waals surface area contributed by atoms with Crippen molar-refractivity contribution in [3.8, 4) is 0 Å². The minimum Gasteiger partial charge on any atom is -0.380 e. The zero-order valence-corrected chi connectivity index (χ0v) is 25.7. The molecule has 1 N–H and O–H groups in total. The van der Waals surface area contributed by atoms with Gasteiger partial charge in [0.2, 0.25) is 0 Å². The van der Waals surface area contributed by atoms with Crippen LogP contribution in [0.2, 0.25) is 0 Å². The van der Waals surface area contributed by atoms with Crippen molar-refractivity contribution in [2.45, 2.75) is 51.1 Å². The van der Waals surface area contributed by atoms with Crippen LogP contribution in [0, 0.1) is 0 Å². The van der Waals surface area contributed by atoms with E-state index >= 15 is 0 Å². The quantitative estimate of drug-likeness (QED) is 0.331. The summed E-state index contributed by atoms with van der Waals surface area (Å²) in [6, 6.07) is 8.43. The molecule has 7 nitrogen and oxygen atoms in total. The highest BCUT2D eigenvalue weighted by molar-refractivity contribution is 7.84. The highest BCUT2D eigenvalue weighted by Crippen LogP contribution is 2.25. The lowest BCUT2D eigenvalue weighted by molar-refractivity contribution is -0.106. The van der Waals surface area contributed by atoms with E-state index in [-0.39, 0.29) is 6.04 Å². The number of piperazine rings is 1. The monoisotopic (exact) mass is 556 g/mol. The number of nitrogens with one attached hydrogen (secondary N) is 1. The van der Waals surface area contributed by atoms with Crippen molar-refractivity contribution < 1.29 is 13.7 Å². The molecule has 39 heavy (non-hydrogen) atoms. The molecule has 2 fully saturated rings. The molecule has 2 aliphatic heterocycles. The molecule has 0 amide bonds. The fourth-order valence-corrected chi connectivity index (χ4v) is 5.65. The van der Waals surface area contributed by atoms with Crippen molar-refractivity contribution in [2.75, 3.05) is 65.1 Å². The lowest BCUT2D eigenvalue weighted by Gasteiger charge is -2.41. The second-order valence-corrected chi connectivity index (χ2v) is 11.6. The van der Waals surface area contributed by atoms with Crippen molar-refractivity contribution >= 4 is 22.8 Å². The third kappa shape index (κ3) is 9.78. The van der Waals surface area contributed by atoms with Crippen LogP contribution in [0.25, 0.3) is 0 Å². The topological polar surface area (TPSA) is 65.1 Å². The maximum Gasteiger partial charge on any atom is 0.116 e. The van der Waals surface area contributed by atoms with Crippen molar-refractivity contribution in [1.29, 1.82) is 0 Å². The molecular formula is C31H48N4O3S. The molecule has 2 unspecified atom stereocenters. The van der Waals surface area contributed by atoms with Gasteiger partial charge in [0.05, 0.1) is 28.0 Å². The van der Waals surface area contributed by atoms with Crippen LogP contribution in [0.15, 0.2) is 76.5 Å². The van der Waals surface area contributed by atoms with E-state index in [1.165, 1.54) is 23.9 Å². The Morgan fingerprint density at radius 2 is 1.82 bits per heavy atom. The fraction of sp³-hybridized carbons (Fsp3) is 0.516. The summed E-state index contributed by atoms with van der Waals surface area (Å²) >= 11 is 0. The molecule has 0 spiro atoms. The molecule has 1 aromatic carbocycles. The van der Waals surface area contributed by atoms with Gasteiger partial charge in [0.1, 0.15) is 12.1 Å². The molecule has 0 saturated carbocycles. The van der Waals surface area contributed by atoms with Crippen molar-refractivity contribution in [2.24, 2.45) is 0 Å². The van der Waals surface area contributed by atoms with E-state index in [1.54, 1.807) is 6.26 Å². The SMILES string of the molecule is C=C\C(C)=C/C(=C(C)/C=C(\N(C)C)N1CCN(C2CCOC2)CC1)[C@@H](C)Nc1ccccc1S(C)=O.CC=O. The summed E-state index contributed by atoms with van der Waals surface area (Å²) in [5, 5.41) is 3.62. The minimum absolute atomic E-state index is 0.0171. The number of ether oxygens (including phenoxy) is 1. The molecule has 216 valence electrons. The minimum atomic E-state index is -1.06. The van der Waals surface area contributed by atoms with Crippen LogP contribution >= 0.6 is 0 Å². The third-order valence-corrected chi connectivity index (χ3v) is 8.04. The van der Waals surface area contributed by atoms with Crippen molar-refractivity contribution in [3.05, 3.63) is 71.6 Å². The lowest BCUT2D eigenvalue weighted by atomic mass is 9.99. The number of benzene rings is 1. The highest BCUT2D eigenvalue weighted by Gasteiger charge is 2.28. The van der Waals surface area contributed by atoms with Crippen LogP contribution in [0.1, 0.15) is 34.1 Å². The van der Waals surface area contributed by atoms with Crippen molar-refractivity contribution in [1.82, 2.24) is 14.7 Å². The van der Waals surface area contributed by atoms with E-state index < -0.39 is 10.8 Å². The average Bonchev–Trinajstić information content (AvgIpc) is 3.46. The molecular weight excluding hydrogens is 508 g/mol. The predicted octanol–water partition coefficient (Wildman–Crippen LogP) is 4.69. The summed E-state index contributed by atoms with van der Waals surface area (Å²) in [6.07, 6.45) is 10.0. The number of rotatable bonds is 10. The summed E-state index contributed by atoms with van der Waals surface area (Å²) in [5.41, 5.74) is 4.40. The number of carbonyl (C=O) groups excluding carboxylic acids is 1. The lowest BCUT2D eigenvalue weighted by Crippen LogP contribution is -2.51. The van der Waals surface area contributed by atoms with Crippen LogP contribution in [-0.2, 0) is 20.3 Å². The number of hydrogen-bond donors (Lipinski definition) is 1. The summed E-state index contributed by atoms with van der Waals surface area (Å²) in [5.74, 6) is 1.22. The number of nitrogens with zero attached hydrogens (tertiary/aromatic N) is 3. The normalized spacial score (nSPS) is 20.8. The van der Waals surface area contributed by atoms with E-state index in [9.17, 15) is 4.21 Å². The molecule has 2 aliphatic rings. The average molecular weight is 557 g/mol. The smallest absolute Gasteiger partial charge is 0.116 e. The third-order valence-electron chi connectivity index (χ3n) is 7.06. The van der Waals surface area contributed by atoms with E-state index in [0.717, 1.165) is 68.3 Å². The van der Waals surface area contributed by atoms with Crippen molar-refractivity contribution in [3.63, 3.8) is 0 Å². The Bertz CT molecular complexity index is 1070. The zero-order chi connectivity index (χ0) is 28.9. The Kier molecular flexibility index (Phi) is 13.7. The van der Waals surface area contributed by atoms with E-state index in [4.69, 9.17) is 9.53 Å². The Hall–Kier alpha value is -2.68. The molecule has 8 heteroatoms. The molecule has 2 heterocycles. The Balaban J connectivity index is 0.00000170. The molecule has 2 saturated heterocycles. The summed E-state index contributed by atoms with van der Waals surface area (Å²) in [6.45, 7) is 17.7. The summed E-state index contributed by atoms with van der Waals surface area (Å²) < 4.78 is 17.9. The second-order valence-electron chi connectivity index (χ2n) is 10.2. The fourth-order valence-electron chi connectivity index (χ4n) is 4.94. The second kappa shape index (κ2) is 16.4. The van der Waals surface area contributed by atoms with Gasteiger partial charge >= 0.3 is 0 Å². The first-order chi connectivity index (χ1) is 18.6. The molecule has 3 atom stereocenters. The van der Waals surface area contributed by atoms with E-state index in [2.05, 4.69) is 73.6 Å². The molecule has 1 aromatic rings. The molecule has 0 bridgehead atoms. The number of allylic oxidation sites excluding steroid dienone is 4. The molecule has 0 radical (unpaired) electrons. The molecule has 0 aromatic heterocycles. The zero-order valence-electron chi connectivity index (χ0n) is 24.9. The summed E-state index contributed by atoms with van der Waals surface area (Å²) in [7, 11) is 3.18. The van der Waals surface area contributed by atoms with Crippen LogP contribution in [0.4, 0.5) is 5.69 Å². The first kappa shape index (κ1) is 32.5. The number of anilines is 1. The van der Waals surface area contributed by atoms with Gasteiger partial charge in [0.25, 0.3) is 0 Å². The maximum atomic E-state index is 12.3. The van der Waals surface area contributed by atoms with Gasteiger partial charge < -0.3 is 24.6 Å². The van der Waals surface area contributed by atoms with Gasteiger partial charge in [0.15, 0.2) is 0 Å². The molecule has 3 rings (SSSR count). The Morgan fingerprint density at radius 1 is 1.18 bits per heavy atom. The molecule has 0 aliphatic carbocycles. The number of aldehydes is 1. The Labute approximate surface area is 238 Å². The first-order valence-electron chi connectivity index (χ1n) is 13.7. The van der Waals surface area contributed by atoms with Gasteiger partial charge in [-0.05, 0) is 63.5 Å². The first-order valence-corrected chi connectivity index (χ1v) is 15.2. The van der Waals surface area contributed by atoms with Gasteiger partial charge in [-0.15, -0.1) is 0 Å². The van der Waals surface area contributed by atoms with Gasteiger partial charge in [-0.25, -0.2) is 0 Å². The van der Waals surface area contributed by atoms with Gasteiger partial charge in [-0.1, -0.05) is 36.4 Å². The van der Waals surface area contributed by atoms with Gasteiger partial charge in [0, 0.05) is 65.2 Å². The maximum absolute atomic E-state index is 12.3. The number of hydrogen-bond acceptors (Lipinski definition) is 7. The Morgan fingerprint density at radius 3 is 2.36 bits per heavy atom. The van der Waals surface area contributed by atoms with Gasteiger partial charge in [-0.3, -0.25) is 9.11 Å². The number of para-hydroxylation sites is 1.